The van der Waals surface area contributed by atoms with E-state index < -0.39 is 0 Å². The molecule has 7 nitrogen and oxygen atoms in total. The monoisotopic (exact) mass is 386 g/mol. The molecule has 1 aliphatic heterocycles. The number of fused-ring (bicyclic) bond motifs is 1. The molecule has 2 aromatic rings. The van der Waals surface area contributed by atoms with Crippen molar-refractivity contribution in [2.75, 3.05) is 37.6 Å². The van der Waals surface area contributed by atoms with E-state index in [1.807, 2.05) is 0 Å². The van der Waals surface area contributed by atoms with Crippen LogP contribution < -0.4 is 10.5 Å². The van der Waals surface area contributed by atoms with Crippen molar-refractivity contribution in [2.45, 2.75) is 51.0 Å². The molecule has 0 bridgehead atoms. The van der Waals surface area contributed by atoms with Crippen LogP contribution in [0.5, 0.6) is 0 Å². The van der Waals surface area contributed by atoms with Crippen LogP contribution in [0.2, 0.25) is 0 Å². The van der Waals surface area contributed by atoms with Crippen LogP contribution in [-0.4, -0.2) is 56.8 Å². The summed E-state index contributed by atoms with van der Waals surface area (Å²) >= 11 is 1.55. The third kappa shape index (κ3) is 3.52. The normalized spacial score (nSPS) is 20.7. The number of rotatable bonds is 5. The van der Waals surface area contributed by atoms with Crippen molar-refractivity contribution in [1.82, 2.24) is 24.0 Å². The van der Waals surface area contributed by atoms with Gasteiger partial charge in [-0.05, 0) is 37.7 Å². The molecule has 2 aromatic heterocycles. The zero-order valence-corrected chi connectivity index (χ0v) is 16.5. The number of anilines is 1. The number of nitrogens with zero attached hydrogens (tertiary/aromatic N) is 6. The number of piperazine rings is 1. The van der Waals surface area contributed by atoms with Crippen molar-refractivity contribution in [1.29, 1.82) is 0 Å². The Labute approximate surface area is 163 Å². The Hall–Kier alpha value is -1.80. The zero-order chi connectivity index (χ0) is 18.2. The fourth-order valence-electron chi connectivity index (χ4n) is 4.19. The van der Waals surface area contributed by atoms with E-state index in [2.05, 4.69) is 19.3 Å². The molecule has 144 valence electrons. The van der Waals surface area contributed by atoms with Gasteiger partial charge in [0, 0.05) is 56.2 Å². The summed E-state index contributed by atoms with van der Waals surface area (Å²) in [5, 5.41) is 5.66. The van der Waals surface area contributed by atoms with Gasteiger partial charge in [-0.1, -0.05) is 6.42 Å². The van der Waals surface area contributed by atoms with E-state index in [1.54, 1.807) is 22.3 Å². The topological polar surface area (TPSA) is 67.2 Å². The van der Waals surface area contributed by atoms with Crippen molar-refractivity contribution in [2.24, 2.45) is 0 Å². The Morgan fingerprint density at radius 3 is 2.70 bits per heavy atom. The number of hydrogen-bond acceptors (Lipinski definition) is 7. The van der Waals surface area contributed by atoms with E-state index in [0.29, 0.717) is 12.5 Å². The first-order valence-corrected chi connectivity index (χ1v) is 10.9. The van der Waals surface area contributed by atoms with Crippen LogP contribution in [0.15, 0.2) is 10.9 Å². The minimum atomic E-state index is 0.0478. The third-order valence-corrected chi connectivity index (χ3v) is 6.99. The number of hydrogen-bond donors (Lipinski definition) is 0. The van der Waals surface area contributed by atoms with Gasteiger partial charge in [-0.3, -0.25) is 9.69 Å². The minimum absolute atomic E-state index is 0.0478. The fraction of sp³-hybridized carbons (Fsp3) is 0.684. The summed E-state index contributed by atoms with van der Waals surface area (Å²) < 4.78 is 6.23. The Kier molecular flexibility index (Phi) is 4.69. The molecule has 3 heterocycles. The predicted molar refractivity (Wildman–Crippen MR) is 106 cm³/mol. The highest BCUT2D eigenvalue weighted by Gasteiger charge is 2.26. The number of aromatic nitrogens is 4. The lowest BCUT2D eigenvalue weighted by molar-refractivity contribution is 0.242. The lowest BCUT2D eigenvalue weighted by Crippen LogP contribution is -2.47. The maximum absolute atomic E-state index is 12.2. The lowest BCUT2D eigenvalue weighted by Gasteiger charge is -2.34. The van der Waals surface area contributed by atoms with E-state index in [0.717, 1.165) is 74.2 Å². The Morgan fingerprint density at radius 2 is 1.93 bits per heavy atom. The van der Waals surface area contributed by atoms with Crippen LogP contribution in [0.4, 0.5) is 5.13 Å². The van der Waals surface area contributed by atoms with E-state index in [9.17, 15) is 4.79 Å². The van der Waals surface area contributed by atoms with Crippen LogP contribution in [0, 0.1) is 0 Å². The molecule has 1 saturated carbocycles. The van der Waals surface area contributed by atoms with Gasteiger partial charge in [0.05, 0.1) is 12.2 Å². The van der Waals surface area contributed by atoms with Gasteiger partial charge in [-0.15, -0.1) is 0 Å². The first-order valence-electron chi connectivity index (χ1n) is 10.2. The summed E-state index contributed by atoms with van der Waals surface area (Å²) in [7, 11) is 0. The number of aryl methyl sites for hydroxylation is 2. The molecule has 5 rings (SSSR count). The van der Waals surface area contributed by atoms with Gasteiger partial charge in [-0.25, -0.2) is 9.67 Å². The van der Waals surface area contributed by atoms with E-state index >= 15 is 0 Å². The average Bonchev–Trinajstić information content (AvgIpc) is 3.28. The van der Waals surface area contributed by atoms with Gasteiger partial charge < -0.3 is 4.90 Å². The molecule has 0 aromatic carbocycles. The van der Waals surface area contributed by atoms with Crippen molar-refractivity contribution in [3.63, 3.8) is 0 Å². The molecule has 0 spiro atoms. The highest BCUT2D eigenvalue weighted by atomic mass is 32.1. The summed E-state index contributed by atoms with van der Waals surface area (Å²) in [5.74, 6) is 1.67. The molecule has 0 atom stereocenters. The molecule has 0 N–H and O–H groups in total. The quantitative estimate of drug-likeness (QED) is 0.779. The molecular weight excluding hydrogens is 360 g/mol. The molecule has 0 amide bonds. The summed E-state index contributed by atoms with van der Waals surface area (Å²) in [4.78, 5) is 21.8. The van der Waals surface area contributed by atoms with E-state index in [-0.39, 0.29) is 5.56 Å². The van der Waals surface area contributed by atoms with E-state index in [1.165, 1.54) is 19.3 Å². The van der Waals surface area contributed by atoms with Crippen LogP contribution >= 0.6 is 11.5 Å². The van der Waals surface area contributed by atoms with Crippen molar-refractivity contribution >= 4 is 16.7 Å². The molecule has 2 fully saturated rings. The van der Waals surface area contributed by atoms with Crippen molar-refractivity contribution in [3.8, 4) is 0 Å². The Balaban J connectivity index is 1.14. The maximum atomic E-state index is 12.2. The highest BCUT2D eigenvalue weighted by Crippen LogP contribution is 2.36. The Bertz CT molecular complexity index is 865. The van der Waals surface area contributed by atoms with Crippen molar-refractivity contribution < 1.29 is 0 Å². The molecule has 2 aliphatic carbocycles. The molecule has 0 radical (unpaired) electrons. The summed E-state index contributed by atoms with van der Waals surface area (Å²) in [6, 6.07) is 1.79. The van der Waals surface area contributed by atoms with Crippen LogP contribution in [0.3, 0.4) is 0 Å². The standard InChI is InChI=1S/C19H26N6OS/c26-17-13-15-5-2-6-16(15)21-25(17)12-9-23-7-10-24(11-8-23)19-20-18(22-27-19)14-3-1-4-14/h13-14H,1-12H2. The summed E-state index contributed by atoms with van der Waals surface area (Å²) in [6.07, 6.45) is 6.97. The summed E-state index contributed by atoms with van der Waals surface area (Å²) in [6.45, 7) is 5.51. The minimum Gasteiger partial charge on any atom is -0.344 e. The van der Waals surface area contributed by atoms with Gasteiger partial charge in [0.15, 0.2) is 0 Å². The second kappa shape index (κ2) is 7.31. The first kappa shape index (κ1) is 17.3. The van der Waals surface area contributed by atoms with Crippen LogP contribution in [-0.2, 0) is 19.4 Å². The third-order valence-electron chi connectivity index (χ3n) is 6.20. The molecule has 1 saturated heterocycles. The second-order valence-corrected chi connectivity index (χ2v) is 8.65. The van der Waals surface area contributed by atoms with Gasteiger partial charge in [0.1, 0.15) is 5.82 Å². The maximum Gasteiger partial charge on any atom is 0.267 e. The summed E-state index contributed by atoms with van der Waals surface area (Å²) in [5.41, 5.74) is 2.33. The largest absolute Gasteiger partial charge is 0.344 e. The van der Waals surface area contributed by atoms with Gasteiger partial charge in [0.25, 0.3) is 5.56 Å². The van der Waals surface area contributed by atoms with Gasteiger partial charge in [0.2, 0.25) is 5.13 Å². The average molecular weight is 387 g/mol. The predicted octanol–water partition coefficient (Wildman–Crippen LogP) is 1.67. The molecule has 27 heavy (non-hydrogen) atoms. The molecule has 0 unspecified atom stereocenters. The SMILES string of the molecule is O=c1cc2c(nn1CCN1CCN(c3nc(C4CCC4)ns3)CC1)CCC2. The van der Waals surface area contributed by atoms with Crippen LogP contribution in [0.25, 0.3) is 0 Å². The van der Waals surface area contributed by atoms with Gasteiger partial charge >= 0.3 is 0 Å². The Morgan fingerprint density at radius 1 is 1.07 bits per heavy atom. The molecule has 8 heteroatoms. The van der Waals surface area contributed by atoms with Crippen molar-refractivity contribution in [3.05, 3.63) is 33.5 Å². The van der Waals surface area contributed by atoms with Gasteiger partial charge in [-0.2, -0.15) is 9.47 Å². The molecule has 3 aliphatic rings. The second-order valence-electron chi connectivity index (χ2n) is 7.92. The first-order chi connectivity index (χ1) is 13.3. The van der Waals surface area contributed by atoms with Crippen LogP contribution in [0.1, 0.15) is 48.7 Å². The highest BCUT2D eigenvalue weighted by molar-refractivity contribution is 7.09. The smallest absolute Gasteiger partial charge is 0.267 e. The van der Waals surface area contributed by atoms with E-state index in [4.69, 9.17) is 4.98 Å². The zero-order valence-electron chi connectivity index (χ0n) is 15.6. The fourth-order valence-corrected chi connectivity index (χ4v) is 4.98. The lowest BCUT2D eigenvalue weighted by atomic mass is 9.85. The molecular formula is C19H26N6OS.